The van der Waals surface area contributed by atoms with Gasteiger partial charge in [-0.25, -0.2) is 14.8 Å². The Hall–Kier alpha value is -2.64. The number of aromatic carboxylic acids is 1. The molecule has 1 aliphatic rings. The number of aromatic nitrogens is 4. The highest BCUT2D eigenvalue weighted by Gasteiger charge is 2.30. The molecule has 3 rings (SSSR count). The molecule has 1 saturated heterocycles. The minimum Gasteiger partial charge on any atom is -0.477 e. The molecule has 8 nitrogen and oxygen atoms in total. The van der Waals surface area contributed by atoms with Crippen molar-refractivity contribution >= 4 is 11.9 Å². The molecule has 0 radical (unpaired) electrons. The molecule has 2 aromatic rings. The van der Waals surface area contributed by atoms with Crippen LogP contribution in [0, 0.1) is 0 Å². The van der Waals surface area contributed by atoms with Crippen LogP contribution in [0.1, 0.15) is 45.6 Å². The van der Waals surface area contributed by atoms with E-state index in [-0.39, 0.29) is 23.2 Å². The van der Waals surface area contributed by atoms with E-state index in [2.05, 4.69) is 15.0 Å². The second-order valence-corrected chi connectivity index (χ2v) is 5.42. The molecule has 1 amide bonds. The summed E-state index contributed by atoms with van der Waals surface area (Å²) in [6, 6.07) is 0. The zero-order chi connectivity index (χ0) is 15.7. The van der Waals surface area contributed by atoms with Gasteiger partial charge in [0.25, 0.3) is 5.91 Å². The summed E-state index contributed by atoms with van der Waals surface area (Å²) in [5.41, 5.74) is -0.197. The van der Waals surface area contributed by atoms with Gasteiger partial charge in [0.2, 0.25) is 0 Å². The van der Waals surface area contributed by atoms with Gasteiger partial charge in [-0.1, -0.05) is 0 Å². The fourth-order valence-corrected chi connectivity index (χ4v) is 2.91. The zero-order valence-corrected chi connectivity index (χ0v) is 12.2. The van der Waals surface area contributed by atoms with Gasteiger partial charge in [-0.05, 0) is 12.8 Å². The van der Waals surface area contributed by atoms with Crippen molar-refractivity contribution in [3.8, 4) is 0 Å². The third-order valence-corrected chi connectivity index (χ3v) is 3.99. The van der Waals surface area contributed by atoms with Gasteiger partial charge < -0.3 is 19.6 Å². The Morgan fingerprint density at radius 3 is 2.91 bits per heavy atom. The molecule has 3 heterocycles. The number of nitrogens with one attached hydrogen (secondary N) is 1. The van der Waals surface area contributed by atoms with Crippen molar-refractivity contribution in [3.05, 3.63) is 35.9 Å². The van der Waals surface area contributed by atoms with Gasteiger partial charge in [-0.3, -0.25) is 4.79 Å². The summed E-state index contributed by atoms with van der Waals surface area (Å²) >= 11 is 0. The molecule has 8 heteroatoms. The van der Waals surface area contributed by atoms with E-state index >= 15 is 0 Å². The Labute approximate surface area is 126 Å². The number of carboxylic acids is 1. The first kappa shape index (κ1) is 14.3. The predicted octanol–water partition coefficient (Wildman–Crippen LogP) is 0.861. The maximum absolute atomic E-state index is 12.5. The van der Waals surface area contributed by atoms with Gasteiger partial charge in [-0.15, -0.1) is 0 Å². The summed E-state index contributed by atoms with van der Waals surface area (Å²) in [6.45, 7) is 1.13. The highest BCUT2D eigenvalue weighted by molar-refractivity contribution is 6.02. The number of hydrogen-bond donors (Lipinski definition) is 2. The third kappa shape index (κ3) is 2.47. The summed E-state index contributed by atoms with van der Waals surface area (Å²) in [5.74, 6) is -0.432. The average molecular weight is 303 g/mol. The molecule has 1 atom stereocenters. The van der Waals surface area contributed by atoms with Crippen LogP contribution in [0.5, 0.6) is 0 Å². The molecule has 1 aliphatic heterocycles. The van der Waals surface area contributed by atoms with Crippen LogP contribution < -0.4 is 0 Å². The van der Waals surface area contributed by atoms with Crippen molar-refractivity contribution < 1.29 is 14.7 Å². The molecule has 0 aliphatic carbocycles. The monoisotopic (exact) mass is 303 g/mol. The van der Waals surface area contributed by atoms with Crippen molar-refractivity contribution in [2.75, 3.05) is 13.1 Å². The Morgan fingerprint density at radius 1 is 1.41 bits per heavy atom. The molecule has 0 bridgehead atoms. The number of nitrogens with zero attached hydrogens (tertiary/aromatic N) is 4. The maximum atomic E-state index is 12.5. The molecular formula is C14H17N5O3. The van der Waals surface area contributed by atoms with Gasteiger partial charge in [-0.2, -0.15) is 0 Å². The topological polar surface area (TPSA) is 104 Å². The number of piperidine rings is 1. The molecule has 1 fully saturated rings. The summed E-state index contributed by atoms with van der Waals surface area (Å²) in [6.07, 6.45) is 6.67. The number of aryl methyl sites for hydroxylation is 1. The second kappa shape index (κ2) is 5.63. The van der Waals surface area contributed by atoms with Crippen LogP contribution in [0.15, 0.2) is 18.7 Å². The average Bonchev–Trinajstić information content (AvgIpc) is 3.15. The number of carbonyl (C=O) groups excluding carboxylic acids is 1. The number of amides is 1. The van der Waals surface area contributed by atoms with Crippen molar-refractivity contribution in [1.82, 2.24) is 24.4 Å². The molecule has 0 unspecified atom stereocenters. The molecular weight excluding hydrogens is 286 g/mol. The van der Waals surface area contributed by atoms with E-state index in [0.29, 0.717) is 13.1 Å². The van der Waals surface area contributed by atoms with Crippen molar-refractivity contribution in [1.29, 1.82) is 0 Å². The maximum Gasteiger partial charge on any atom is 0.354 e. The first-order valence-corrected chi connectivity index (χ1v) is 7.11. The van der Waals surface area contributed by atoms with Gasteiger partial charge in [0.05, 0.1) is 6.33 Å². The van der Waals surface area contributed by atoms with Crippen LogP contribution in [0.3, 0.4) is 0 Å². The largest absolute Gasteiger partial charge is 0.477 e. The lowest BCUT2D eigenvalue weighted by atomic mass is 9.97. The van der Waals surface area contributed by atoms with Crippen LogP contribution in [-0.2, 0) is 7.05 Å². The number of H-pyrrole nitrogens is 1. The van der Waals surface area contributed by atoms with E-state index in [4.69, 9.17) is 5.11 Å². The van der Waals surface area contributed by atoms with Crippen LogP contribution in [0.2, 0.25) is 0 Å². The lowest BCUT2D eigenvalue weighted by Crippen LogP contribution is -2.40. The Bertz CT molecular complexity index is 705. The molecule has 2 N–H and O–H groups in total. The highest BCUT2D eigenvalue weighted by Crippen LogP contribution is 2.26. The number of rotatable bonds is 3. The number of likely N-dealkylation sites (tertiary alicyclic amines) is 1. The van der Waals surface area contributed by atoms with E-state index in [1.165, 1.54) is 6.33 Å². The van der Waals surface area contributed by atoms with Gasteiger partial charge >= 0.3 is 5.97 Å². The zero-order valence-electron chi connectivity index (χ0n) is 12.2. The van der Waals surface area contributed by atoms with Crippen molar-refractivity contribution in [2.24, 2.45) is 7.05 Å². The van der Waals surface area contributed by atoms with Gasteiger partial charge in [0.15, 0.2) is 11.4 Å². The quantitative estimate of drug-likeness (QED) is 0.875. The lowest BCUT2D eigenvalue weighted by molar-refractivity contribution is 0.0651. The Kier molecular flexibility index (Phi) is 3.66. The molecule has 0 saturated carbocycles. The van der Waals surface area contributed by atoms with Gasteiger partial charge in [0, 0.05) is 38.4 Å². The number of carbonyl (C=O) groups is 2. The van der Waals surface area contributed by atoms with E-state index in [0.717, 1.165) is 18.7 Å². The molecule has 116 valence electrons. The summed E-state index contributed by atoms with van der Waals surface area (Å²) in [5, 5.41) is 9.09. The standard InChI is InChI=1S/C14H17N5O3/c1-18-6-4-15-12(18)9-3-2-5-19(7-9)13(20)10-11(14(21)22)17-8-16-10/h4,6,8-9H,2-3,5,7H2,1H3,(H,16,17)(H,21,22)/t9-/m0/s1. The molecule has 2 aromatic heterocycles. The number of aromatic amines is 1. The predicted molar refractivity (Wildman–Crippen MR) is 76.6 cm³/mol. The molecule has 0 spiro atoms. The summed E-state index contributed by atoms with van der Waals surface area (Å²) in [7, 11) is 1.93. The first-order valence-electron chi connectivity index (χ1n) is 7.11. The van der Waals surface area contributed by atoms with Crippen LogP contribution in [0.4, 0.5) is 0 Å². The SMILES string of the molecule is Cn1ccnc1[C@H]1CCCN(C(=O)c2nc[nH]c2C(=O)O)C1. The smallest absolute Gasteiger partial charge is 0.354 e. The van der Waals surface area contributed by atoms with Gasteiger partial charge in [0.1, 0.15) is 5.82 Å². The molecule has 0 aromatic carbocycles. The minimum absolute atomic E-state index is 0.0343. The van der Waals surface area contributed by atoms with Crippen LogP contribution in [-0.4, -0.2) is 54.5 Å². The fourth-order valence-electron chi connectivity index (χ4n) is 2.91. The van der Waals surface area contributed by atoms with E-state index in [9.17, 15) is 9.59 Å². The number of hydrogen-bond acceptors (Lipinski definition) is 4. The third-order valence-electron chi connectivity index (χ3n) is 3.99. The highest BCUT2D eigenvalue weighted by atomic mass is 16.4. The summed E-state index contributed by atoms with van der Waals surface area (Å²) < 4.78 is 1.95. The molecule has 22 heavy (non-hydrogen) atoms. The Morgan fingerprint density at radius 2 is 2.23 bits per heavy atom. The summed E-state index contributed by atoms with van der Waals surface area (Å²) in [4.78, 5) is 36.0. The first-order chi connectivity index (χ1) is 10.6. The Balaban J connectivity index is 1.80. The normalized spacial score (nSPS) is 18.4. The van der Waals surface area contributed by atoms with Crippen LogP contribution >= 0.6 is 0 Å². The lowest BCUT2D eigenvalue weighted by Gasteiger charge is -2.32. The number of carboxylic acid groups (broad SMARTS) is 1. The fraction of sp³-hybridized carbons (Fsp3) is 0.429. The van der Waals surface area contributed by atoms with E-state index in [1.807, 2.05) is 17.8 Å². The van der Waals surface area contributed by atoms with Crippen LogP contribution in [0.25, 0.3) is 0 Å². The van der Waals surface area contributed by atoms with E-state index in [1.54, 1.807) is 11.1 Å². The van der Waals surface area contributed by atoms with E-state index < -0.39 is 5.97 Å². The van der Waals surface area contributed by atoms with Crippen molar-refractivity contribution in [3.63, 3.8) is 0 Å². The second-order valence-electron chi connectivity index (χ2n) is 5.42. The van der Waals surface area contributed by atoms with Crippen molar-refractivity contribution in [2.45, 2.75) is 18.8 Å². The number of imidazole rings is 2. The minimum atomic E-state index is -1.18.